The second kappa shape index (κ2) is 14.9. The zero-order valence-corrected chi connectivity index (χ0v) is 33.1. The van der Waals surface area contributed by atoms with Crippen LogP contribution in [0.1, 0.15) is 115 Å². The molecule has 8 bridgehead atoms. The minimum Gasteiger partial charge on any atom is -0.860 e. The number of carbonyl (C=O) groups excluding carboxylic acids is 1. The largest absolute Gasteiger partial charge is 2.00 e. The molecular weight excluding hydrogens is 709 g/mol. The third-order valence-electron chi connectivity index (χ3n) is 12.1. The summed E-state index contributed by atoms with van der Waals surface area (Å²) in [5.74, 6) is -1.47. The standard InChI is InChI=1S/C43H51N5O4.Ni/c1-9-12-13-14-20-48-41(50)35-25(6)30-21-32-26(10-2)23(4)31(44-32)22-33-43(7,11-3)29-17-15-16-28(38(29)46-33)37-24(5)27(18-19-34(49)52-8)39(47-37)36(42(48)51)40(35)45-30;/h15-17,21-22,24,27,50-51H,9-14,18-20H2,1-8H3;/q;+2/p-2/t24-,27-,43?;/m0./s1. The number of benzene rings is 1. The van der Waals surface area contributed by atoms with E-state index < -0.39 is 0 Å². The molecule has 1 aromatic rings. The second-order valence-electron chi connectivity index (χ2n) is 14.9. The number of pyridine rings is 1. The number of rotatable bonds is 10. The Hall–Kier alpha value is -4.30. The Bertz CT molecular complexity index is 2260. The number of ether oxygens (including phenoxy) is 1. The fraction of sp³-hybridized carbons (Fsp3) is 0.465. The molecule has 10 heteroatoms. The monoisotopic (exact) mass is 757 g/mol. The van der Waals surface area contributed by atoms with E-state index in [0.29, 0.717) is 47.6 Å². The van der Waals surface area contributed by atoms with Gasteiger partial charge in [-0.25, -0.2) is 9.98 Å². The van der Waals surface area contributed by atoms with Crippen molar-refractivity contribution in [3.05, 3.63) is 79.8 Å². The first-order valence-electron chi connectivity index (χ1n) is 19.0. The molecule has 1 unspecified atom stereocenters. The van der Waals surface area contributed by atoms with Gasteiger partial charge in [-0.2, -0.15) is 0 Å². The van der Waals surface area contributed by atoms with E-state index in [0.717, 1.165) is 87.8 Å². The first-order valence-corrected chi connectivity index (χ1v) is 19.0. The summed E-state index contributed by atoms with van der Waals surface area (Å²) < 4.78 is 6.47. The average Bonchev–Trinajstić information content (AvgIpc) is 3.82. The van der Waals surface area contributed by atoms with Crippen LogP contribution in [0.25, 0.3) is 23.0 Å². The molecule has 6 aliphatic rings. The third kappa shape index (κ3) is 6.11. The molecule has 53 heavy (non-hydrogen) atoms. The molecule has 9 nitrogen and oxygen atoms in total. The number of carbonyl (C=O) groups is 1. The van der Waals surface area contributed by atoms with E-state index in [2.05, 4.69) is 65.8 Å². The Balaban J connectivity index is 0.00000481. The normalized spacial score (nSPS) is 21.4. The Labute approximate surface area is 322 Å². The zero-order chi connectivity index (χ0) is 37.1. The van der Waals surface area contributed by atoms with Crippen molar-refractivity contribution < 1.29 is 36.2 Å². The number of hydrogen-bond acceptors (Lipinski definition) is 8. The van der Waals surface area contributed by atoms with Crippen LogP contribution in [0.2, 0.25) is 0 Å². The van der Waals surface area contributed by atoms with E-state index in [-0.39, 0.29) is 57.9 Å². The van der Waals surface area contributed by atoms with Gasteiger partial charge in [0.1, 0.15) is 0 Å². The maximum Gasteiger partial charge on any atom is 2.00 e. The van der Waals surface area contributed by atoms with Crippen molar-refractivity contribution >= 4 is 29.2 Å². The predicted octanol–water partition coefficient (Wildman–Crippen LogP) is 6.56. The Morgan fingerprint density at radius 3 is 2.45 bits per heavy atom. The van der Waals surface area contributed by atoms with Gasteiger partial charge < -0.3 is 19.5 Å². The molecule has 0 N–H and O–H groups in total. The first kappa shape index (κ1) is 38.4. The molecule has 0 radical (unpaired) electrons. The number of esters is 1. The average molecular weight is 759 g/mol. The van der Waals surface area contributed by atoms with Gasteiger partial charge in [0.25, 0.3) is 0 Å². The molecule has 6 heterocycles. The van der Waals surface area contributed by atoms with E-state index in [1.54, 1.807) is 0 Å². The van der Waals surface area contributed by atoms with Crippen molar-refractivity contribution in [2.24, 2.45) is 26.8 Å². The second-order valence-corrected chi connectivity index (χ2v) is 14.9. The van der Waals surface area contributed by atoms with Gasteiger partial charge in [0.2, 0.25) is 0 Å². The van der Waals surface area contributed by atoms with Gasteiger partial charge in [-0.15, -0.1) is 0 Å². The fourth-order valence-electron chi connectivity index (χ4n) is 8.65. The Kier molecular flexibility index (Phi) is 10.8. The van der Waals surface area contributed by atoms with Crippen molar-refractivity contribution in [2.75, 3.05) is 7.11 Å². The van der Waals surface area contributed by atoms with E-state index in [1.165, 1.54) is 11.7 Å². The van der Waals surface area contributed by atoms with Crippen molar-refractivity contribution in [3.63, 3.8) is 0 Å². The van der Waals surface area contributed by atoms with Crippen LogP contribution < -0.4 is 20.8 Å². The van der Waals surface area contributed by atoms with Crippen molar-refractivity contribution in [3.8, 4) is 23.0 Å². The predicted molar refractivity (Wildman–Crippen MR) is 202 cm³/mol. The summed E-state index contributed by atoms with van der Waals surface area (Å²) in [5, 5.41) is 30.9. The SMILES string of the molecule is CCCCCCn1c([O-])c2c3nc(c(C)c-3c1[O-])C=C1N=C(C=C3N=c4c(cccc4=C4N=C2[C@@H](CCC(=O)OC)[C@@H]4C)C3(C)CC)C(C)=C1CC.[Ni+2]. The van der Waals surface area contributed by atoms with Crippen LogP contribution in [0, 0.1) is 18.8 Å². The number of aliphatic imine (C=N–C) groups is 2. The molecule has 6 aliphatic heterocycles. The maximum atomic E-state index is 14.8. The summed E-state index contributed by atoms with van der Waals surface area (Å²) in [6, 6.07) is 6.30. The van der Waals surface area contributed by atoms with E-state index >= 15 is 0 Å². The third-order valence-corrected chi connectivity index (χ3v) is 12.1. The van der Waals surface area contributed by atoms with Crippen molar-refractivity contribution in [1.29, 1.82) is 0 Å². The number of allylic oxidation sites excluding steroid dienone is 4. The summed E-state index contributed by atoms with van der Waals surface area (Å²) in [4.78, 5) is 33.6. The summed E-state index contributed by atoms with van der Waals surface area (Å²) >= 11 is 0. The topological polar surface area (TPSA) is 127 Å². The summed E-state index contributed by atoms with van der Waals surface area (Å²) in [6.07, 6.45) is 10.0. The number of fused-ring (bicyclic) bond motifs is 5. The van der Waals surface area contributed by atoms with Crippen LogP contribution in [-0.4, -0.2) is 34.1 Å². The number of nitrogens with zero attached hydrogens (tertiary/aromatic N) is 5. The molecule has 0 amide bonds. The smallest absolute Gasteiger partial charge is 0.860 e. The minimum absolute atomic E-state index is 0. The van der Waals surface area contributed by atoms with Crippen LogP contribution in [-0.2, 0) is 38.0 Å². The van der Waals surface area contributed by atoms with Gasteiger partial charge in [0.05, 0.1) is 52.4 Å². The molecule has 280 valence electrons. The molecule has 0 saturated heterocycles. The van der Waals surface area contributed by atoms with Crippen molar-refractivity contribution in [2.45, 2.75) is 112 Å². The number of unbranched alkanes of at least 4 members (excludes halogenated alkanes) is 3. The number of aromatic nitrogens is 2. The molecule has 3 atom stereocenters. The van der Waals surface area contributed by atoms with Gasteiger partial charge in [-0.1, -0.05) is 65.2 Å². The molecular formula is C43H49N5NiO4. The van der Waals surface area contributed by atoms with Crippen LogP contribution in [0.15, 0.2) is 61.8 Å². The van der Waals surface area contributed by atoms with Crippen molar-refractivity contribution in [1.82, 2.24) is 9.55 Å². The number of methoxy groups -OCH3 is 1. The number of para-hydroxylation sites is 1. The van der Waals surface area contributed by atoms with Crippen LogP contribution in [0.5, 0.6) is 11.8 Å². The summed E-state index contributed by atoms with van der Waals surface area (Å²) in [7, 11) is 1.39. The zero-order valence-electron chi connectivity index (χ0n) is 32.1. The van der Waals surface area contributed by atoms with Crippen LogP contribution >= 0.6 is 0 Å². The van der Waals surface area contributed by atoms with Gasteiger partial charge in [-0.3, -0.25) is 14.8 Å². The molecule has 0 aromatic heterocycles. The van der Waals surface area contributed by atoms with E-state index in [1.807, 2.05) is 13.0 Å². The summed E-state index contributed by atoms with van der Waals surface area (Å²) in [6.45, 7) is 15.2. The van der Waals surface area contributed by atoms with E-state index in [9.17, 15) is 15.0 Å². The van der Waals surface area contributed by atoms with Gasteiger partial charge in [0.15, 0.2) is 0 Å². The summed E-state index contributed by atoms with van der Waals surface area (Å²) in [5.41, 5.74) is 9.53. The van der Waals surface area contributed by atoms with Gasteiger partial charge >= 0.3 is 22.5 Å². The Morgan fingerprint density at radius 2 is 1.75 bits per heavy atom. The van der Waals surface area contributed by atoms with E-state index in [4.69, 9.17) is 24.7 Å². The molecule has 7 rings (SSSR count). The van der Waals surface area contributed by atoms with Crippen LogP contribution in [0.4, 0.5) is 0 Å². The molecule has 0 saturated carbocycles. The maximum absolute atomic E-state index is 14.8. The Morgan fingerprint density at radius 1 is 1.00 bits per heavy atom. The van der Waals surface area contributed by atoms with Gasteiger partial charge in [0, 0.05) is 46.6 Å². The quantitative estimate of drug-likeness (QED) is 0.132. The first-order chi connectivity index (χ1) is 25.0. The van der Waals surface area contributed by atoms with Crippen LogP contribution in [0.3, 0.4) is 0 Å². The minimum atomic E-state index is -0.375. The number of hydrogen-bond donors (Lipinski definition) is 0. The molecule has 0 aliphatic carbocycles. The van der Waals surface area contributed by atoms with Gasteiger partial charge in [-0.05, 0) is 92.6 Å². The fourth-order valence-corrected chi connectivity index (χ4v) is 8.65. The molecule has 0 fully saturated rings. The molecule has 1 aromatic carbocycles. The molecule has 0 spiro atoms.